The molecule has 0 saturated carbocycles. The van der Waals surface area contributed by atoms with Gasteiger partial charge in [0.2, 0.25) is 0 Å². The lowest BCUT2D eigenvalue weighted by atomic mass is 9.99. The molecule has 3 aromatic carbocycles. The number of hydrazone groups is 1. The van der Waals surface area contributed by atoms with Gasteiger partial charge in [-0.25, -0.2) is 0 Å². The van der Waals surface area contributed by atoms with Gasteiger partial charge in [-0.15, -0.1) is 0 Å². The van der Waals surface area contributed by atoms with Gasteiger partial charge in [0.1, 0.15) is 11.5 Å². The van der Waals surface area contributed by atoms with Gasteiger partial charge in [-0.1, -0.05) is 41.9 Å². The Morgan fingerprint density at radius 2 is 1.61 bits per heavy atom. The zero-order chi connectivity index (χ0) is 22.0. The second kappa shape index (κ2) is 8.61. The van der Waals surface area contributed by atoms with Crippen LogP contribution in [0.4, 0.5) is 0 Å². The molecule has 8 heteroatoms. The highest BCUT2D eigenvalue weighted by Crippen LogP contribution is 2.38. The first-order valence-corrected chi connectivity index (χ1v) is 11.4. The SMILES string of the molecule is COc1cc(OC)cc(C2=NN(S(=O)(=O)c3ccccc3)[C@@H](c3cccc(Cl)c3)C2)c1. The van der Waals surface area contributed by atoms with Crippen molar-refractivity contribution >= 4 is 27.3 Å². The molecule has 1 aliphatic heterocycles. The van der Waals surface area contributed by atoms with Crippen molar-refractivity contribution in [1.82, 2.24) is 4.41 Å². The molecule has 0 aromatic heterocycles. The molecule has 6 nitrogen and oxygen atoms in total. The predicted molar refractivity (Wildman–Crippen MR) is 120 cm³/mol. The molecule has 1 aliphatic rings. The van der Waals surface area contributed by atoms with Gasteiger partial charge in [0, 0.05) is 23.1 Å². The average Bonchev–Trinajstić information content (AvgIpc) is 3.26. The largest absolute Gasteiger partial charge is 0.497 e. The van der Waals surface area contributed by atoms with Gasteiger partial charge >= 0.3 is 0 Å². The minimum Gasteiger partial charge on any atom is -0.497 e. The quantitative estimate of drug-likeness (QED) is 0.529. The van der Waals surface area contributed by atoms with Crippen LogP contribution in [0, 0.1) is 0 Å². The van der Waals surface area contributed by atoms with Crippen molar-refractivity contribution in [3.8, 4) is 11.5 Å². The Bertz CT molecular complexity index is 1210. The Morgan fingerprint density at radius 1 is 0.935 bits per heavy atom. The molecule has 0 bridgehead atoms. The van der Waals surface area contributed by atoms with Gasteiger partial charge < -0.3 is 9.47 Å². The lowest BCUT2D eigenvalue weighted by molar-refractivity contribution is 0.371. The molecule has 0 amide bonds. The van der Waals surface area contributed by atoms with Crippen LogP contribution in [0.2, 0.25) is 5.02 Å². The fraction of sp³-hybridized carbons (Fsp3) is 0.174. The third-order valence-corrected chi connectivity index (χ3v) is 7.01. The molecule has 0 unspecified atom stereocenters. The molecule has 0 N–H and O–H groups in total. The number of sulfonamides is 1. The summed E-state index contributed by atoms with van der Waals surface area (Å²) in [5, 5.41) is 5.09. The van der Waals surface area contributed by atoms with Gasteiger partial charge in [-0.2, -0.15) is 17.9 Å². The molecule has 0 spiro atoms. The van der Waals surface area contributed by atoms with Crippen LogP contribution in [0.3, 0.4) is 0 Å². The second-order valence-corrected chi connectivity index (χ2v) is 9.25. The van der Waals surface area contributed by atoms with E-state index in [0.717, 1.165) is 11.1 Å². The van der Waals surface area contributed by atoms with Gasteiger partial charge in [0.15, 0.2) is 0 Å². The Morgan fingerprint density at radius 3 is 2.23 bits per heavy atom. The Balaban J connectivity index is 1.83. The van der Waals surface area contributed by atoms with E-state index < -0.39 is 16.1 Å². The Hall–Kier alpha value is -3.03. The number of nitrogens with zero attached hydrogens (tertiary/aromatic N) is 2. The number of hydrogen-bond donors (Lipinski definition) is 0. The van der Waals surface area contributed by atoms with Crippen LogP contribution in [0.1, 0.15) is 23.6 Å². The molecule has 0 saturated heterocycles. The summed E-state index contributed by atoms with van der Waals surface area (Å²) in [6, 6.07) is 20.3. The number of methoxy groups -OCH3 is 2. The molecule has 3 aromatic rings. The Kier molecular flexibility index (Phi) is 5.89. The lowest BCUT2D eigenvalue weighted by Crippen LogP contribution is -2.27. The van der Waals surface area contributed by atoms with Crippen molar-refractivity contribution in [2.45, 2.75) is 17.4 Å². The molecule has 31 heavy (non-hydrogen) atoms. The van der Waals surface area contributed by atoms with Crippen LogP contribution < -0.4 is 9.47 Å². The molecular weight excluding hydrogens is 436 g/mol. The standard InChI is InChI=1S/C23H21ClN2O4S/c1-29-19-12-17(13-20(14-19)30-2)22-15-23(16-7-6-8-18(24)11-16)26(25-22)31(27,28)21-9-4-3-5-10-21/h3-14,23H,15H2,1-2H3/t23-/m1/s1. The van der Waals surface area contributed by atoms with E-state index >= 15 is 0 Å². The summed E-state index contributed by atoms with van der Waals surface area (Å²) in [5.74, 6) is 1.20. The van der Waals surface area contributed by atoms with Crippen molar-refractivity contribution < 1.29 is 17.9 Å². The first-order valence-electron chi connectivity index (χ1n) is 9.58. The van der Waals surface area contributed by atoms with E-state index in [1.807, 2.05) is 18.2 Å². The maximum atomic E-state index is 13.5. The summed E-state index contributed by atoms with van der Waals surface area (Å²) in [4.78, 5) is 0.176. The monoisotopic (exact) mass is 456 g/mol. The fourth-order valence-electron chi connectivity index (χ4n) is 3.52. The molecule has 4 rings (SSSR count). The normalized spacial score (nSPS) is 16.2. The van der Waals surface area contributed by atoms with Crippen molar-refractivity contribution in [2.75, 3.05) is 14.2 Å². The minimum absolute atomic E-state index is 0.176. The Labute approximate surface area is 186 Å². The van der Waals surface area contributed by atoms with Crippen LogP contribution in [-0.4, -0.2) is 32.8 Å². The third kappa shape index (κ3) is 4.24. The highest BCUT2D eigenvalue weighted by molar-refractivity contribution is 7.89. The molecule has 0 fully saturated rings. The maximum Gasteiger partial charge on any atom is 0.279 e. The van der Waals surface area contributed by atoms with Crippen molar-refractivity contribution in [1.29, 1.82) is 0 Å². The van der Waals surface area contributed by atoms with Gasteiger partial charge in [0.05, 0.1) is 30.9 Å². The van der Waals surface area contributed by atoms with Crippen LogP contribution >= 0.6 is 11.6 Å². The smallest absolute Gasteiger partial charge is 0.279 e. The third-order valence-electron chi connectivity index (χ3n) is 5.08. The van der Waals surface area contributed by atoms with E-state index in [1.54, 1.807) is 68.8 Å². The van der Waals surface area contributed by atoms with E-state index in [1.165, 1.54) is 4.41 Å². The zero-order valence-corrected chi connectivity index (χ0v) is 18.6. The van der Waals surface area contributed by atoms with E-state index in [2.05, 4.69) is 5.10 Å². The highest BCUT2D eigenvalue weighted by atomic mass is 35.5. The summed E-state index contributed by atoms with van der Waals surface area (Å²) < 4.78 is 38.8. The van der Waals surface area contributed by atoms with E-state index in [9.17, 15) is 8.42 Å². The summed E-state index contributed by atoms with van der Waals surface area (Å²) in [5.41, 5.74) is 2.11. The number of ether oxygens (including phenoxy) is 2. The van der Waals surface area contributed by atoms with Crippen LogP contribution in [0.15, 0.2) is 82.8 Å². The predicted octanol–water partition coefficient (Wildman–Crippen LogP) is 4.90. The van der Waals surface area contributed by atoms with E-state index in [-0.39, 0.29) is 4.90 Å². The van der Waals surface area contributed by atoms with Gasteiger partial charge in [-0.3, -0.25) is 0 Å². The number of halogens is 1. The summed E-state index contributed by atoms with van der Waals surface area (Å²) in [7, 11) is -0.750. The van der Waals surface area contributed by atoms with Crippen molar-refractivity contribution in [2.24, 2.45) is 5.10 Å². The number of hydrogen-bond acceptors (Lipinski definition) is 5. The molecule has 0 radical (unpaired) electrons. The van der Waals surface area contributed by atoms with Gasteiger partial charge in [0.25, 0.3) is 10.0 Å². The van der Waals surface area contributed by atoms with Crippen molar-refractivity contribution in [3.63, 3.8) is 0 Å². The molecule has 1 heterocycles. The van der Waals surface area contributed by atoms with Crippen LogP contribution in [0.25, 0.3) is 0 Å². The summed E-state index contributed by atoms with van der Waals surface area (Å²) in [6.45, 7) is 0. The second-order valence-electron chi connectivity index (χ2n) is 7.01. The summed E-state index contributed by atoms with van der Waals surface area (Å²) in [6.07, 6.45) is 0.378. The maximum absolute atomic E-state index is 13.5. The first-order chi connectivity index (χ1) is 14.9. The molecule has 0 aliphatic carbocycles. The average molecular weight is 457 g/mol. The van der Waals surface area contributed by atoms with E-state index in [4.69, 9.17) is 21.1 Å². The number of benzene rings is 3. The first kappa shape index (κ1) is 21.2. The van der Waals surface area contributed by atoms with Crippen LogP contribution in [0.5, 0.6) is 11.5 Å². The topological polar surface area (TPSA) is 68.2 Å². The highest BCUT2D eigenvalue weighted by Gasteiger charge is 2.38. The lowest BCUT2D eigenvalue weighted by Gasteiger charge is -2.23. The molecule has 1 atom stereocenters. The molecule has 160 valence electrons. The fourth-order valence-corrected chi connectivity index (χ4v) is 5.17. The molecular formula is C23H21ClN2O4S. The van der Waals surface area contributed by atoms with Crippen molar-refractivity contribution in [3.05, 3.63) is 88.9 Å². The number of rotatable bonds is 6. The summed E-state index contributed by atoms with van der Waals surface area (Å²) >= 11 is 6.20. The minimum atomic E-state index is -3.88. The van der Waals surface area contributed by atoms with Gasteiger partial charge in [-0.05, 0) is 42.0 Å². The van der Waals surface area contributed by atoms with E-state index in [0.29, 0.717) is 28.7 Å². The zero-order valence-electron chi connectivity index (χ0n) is 17.0. The van der Waals surface area contributed by atoms with Crippen LogP contribution in [-0.2, 0) is 10.0 Å².